The van der Waals surface area contributed by atoms with Gasteiger partial charge in [-0.2, -0.15) is 0 Å². The minimum absolute atomic E-state index is 0.00860. The summed E-state index contributed by atoms with van der Waals surface area (Å²) < 4.78 is 47.9. The smallest absolute Gasteiger partial charge is 0.265 e. The van der Waals surface area contributed by atoms with E-state index in [1.54, 1.807) is 30.3 Å². The molecule has 0 aliphatic heterocycles. The number of methoxy groups -OCH3 is 1. The van der Waals surface area contributed by atoms with Gasteiger partial charge in [0.2, 0.25) is 0 Å². The molecule has 0 spiro atoms. The van der Waals surface area contributed by atoms with Gasteiger partial charge in [-0.15, -0.1) is 0 Å². The molecule has 0 saturated carbocycles. The number of ether oxygens (including phenoxy) is 1. The molecule has 0 aliphatic rings. The first kappa shape index (κ1) is 20.8. The minimum Gasteiger partial charge on any atom is -0.495 e. The molecule has 0 aromatic heterocycles. The summed E-state index contributed by atoms with van der Waals surface area (Å²) in [4.78, 5) is 12.3. The zero-order valence-corrected chi connectivity index (χ0v) is 17.6. The molecular weight excluding hydrogens is 463 g/mol. The maximum Gasteiger partial charge on any atom is 0.265 e. The third kappa shape index (κ3) is 4.93. The van der Waals surface area contributed by atoms with Crippen molar-refractivity contribution in [1.82, 2.24) is 0 Å². The number of carbonyl (C=O) groups excluding carboxylic acids is 1. The molecule has 2 N–H and O–H groups in total. The Labute approximate surface area is 175 Å². The Kier molecular flexibility index (Phi) is 6.19. The lowest BCUT2D eigenvalue weighted by Crippen LogP contribution is -2.17. The van der Waals surface area contributed by atoms with E-state index in [0.29, 0.717) is 5.69 Å². The number of para-hydroxylation sites is 1. The van der Waals surface area contributed by atoms with Crippen LogP contribution >= 0.6 is 15.9 Å². The van der Waals surface area contributed by atoms with Gasteiger partial charge in [0.15, 0.2) is 0 Å². The van der Waals surface area contributed by atoms with Gasteiger partial charge in [-0.05, 0) is 54.6 Å². The molecule has 0 radical (unpaired) electrons. The van der Waals surface area contributed by atoms with E-state index < -0.39 is 21.7 Å². The van der Waals surface area contributed by atoms with Crippen LogP contribution in [-0.4, -0.2) is 21.4 Å². The van der Waals surface area contributed by atoms with Crippen LogP contribution in [0.4, 0.5) is 15.8 Å². The van der Waals surface area contributed by atoms with Crippen LogP contribution in [0.15, 0.2) is 76.1 Å². The monoisotopic (exact) mass is 478 g/mol. The molecule has 0 unspecified atom stereocenters. The van der Waals surface area contributed by atoms with Crippen molar-refractivity contribution >= 4 is 43.2 Å². The summed E-state index contributed by atoms with van der Waals surface area (Å²) in [5, 5.41) is 2.42. The highest BCUT2D eigenvalue weighted by atomic mass is 79.9. The maximum absolute atomic E-state index is 13.8. The topological polar surface area (TPSA) is 84.5 Å². The van der Waals surface area contributed by atoms with Crippen molar-refractivity contribution in [3.05, 3.63) is 82.6 Å². The zero-order valence-electron chi connectivity index (χ0n) is 15.1. The molecule has 3 aromatic carbocycles. The lowest BCUT2D eigenvalue weighted by atomic mass is 10.2. The van der Waals surface area contributed by atoms with Gasteiger partial charge >= 0.3 is 0 Å². The van der Waals surface area contributed by atoms with Crippen molar-refractivity contribution in [2.45, 2.75) is 4.90 Å². The molecule has 0 bridgehead atoms. The third-order valence-electron chi connectivity index (χ3n) is 3.93. The normalized spacial score (nSPS) is 11.0. The van der Waals surface area contributed by atoms with Gasteiger partial charge in [0, 0.05) is 15.7 Å². The number of hydrogen-bond donors (Lipinski definition) is 2. The second kappa shape index (κ2) is 8.62. The lowest BCUT2D eigenvalue weighted by Gasteiger charge is -2.13. The van der Waals surface area contributed by atoms with Crippen LogP contribution in [0.5, 0.6) is 5.75 Å². The largest absolute Gasteiger partial charge is 0.495 e. The number of halogens is 2. The first-order valence-electron chi connectivity index (χ1n) is 8.32. The van der Waals surface area contributed by atoms with Crippen LogP contribution in [-0.2, 0) is 10.0 Å². The molecule has 150 valence electrons. The molecule has 29 heavy (non-hydrogen) atoms. The number of nitrogens with one attached hydrogen (secondary N) is 2. The molecule has 3 aromatic rings. The Morgan fingerprint density at radius 1 is 1.03 bits per heavy atom. The minimum atomic E-state index is -4.05. The molecule has 6 nitrogen and oxygen atoms in total. The zero-order chi connectivity index (χ0) is 21.0. The van der Waals surface area contributed by atoms with E-state index in [0.717, 1.165) is 4.47 Å². The van der Waals surface area contributed by atoms with Crippen molar-refractivity contribution in [2.24, 2.45) is 0 Å². The van der Waals surface area contributed by atoms with E-state index >= 15 is 0 Å². The molecular formula is C20H16BrFN2O4S. The summed E-state index contributed by atoms with van der Waals surface area (Å²) in [5.41, 5.74) is 0.368. The highest BCUT2D eigenvalue weighted by Crippen LogP contribution is 2.28. The highest BCUT2D eigenvalue weighted by Gasteiger charge is 2.22. The second-order valence-electron chi connectivity index (χ2n) is 5.91. The summed E-state index contributed by atoms with van der Waals surface area (Å²) >= 11 is 3.28. The van der Waals surface area contributed by atoms with E-state index in [2.05, 4.69) is 26.0 Å². The fraction of sp³-hybridized carbons (Fsp3) is 0.0500. The first-order valence-corrected chi connectivity index (χ1v) is 10.6. The number of benzene rings is 3. The molecule has 9 heteroatoms. The van der Waals surface area contributed by atoms with Crippen LogP contribution in [0.1, 0.15) is 10.4 Å². The van der Waals surface area contributed by atoms with E-state index in [9.17, 15) is 17.6 Å². The van der Waals surface area contributed by atoms with Gasteiger partial charge in [-0.25, -0.2) is 12.8 Å². The number of carbonyl (C=O) groups is 1. The van der Waals surface area contributed by atoms with Gasteiger partial charge in [-0.3, -0.25) is 9.52 Å². The number of amides is 1. The van der Waals surface area contributed by atoms with E-state index in [1.807, 2.05) is 0 Å². The van der Waals surface area contributed by atoms with Gasteiger partial charge in [-0.1, -0.05) is 28.1 Å². The summed E-state index contributed by atoms with van der Waals surface area (Å²) in [6, 6.07) is 16.2. The summed E-state index contributed by atoms with van der Waals surface area (Å²) in [5.74, 6) is -1.19. The summed E-state index contributed by atoms with van der Waals surface area (Å²) in [6.07, 6.45) is 0. The molecule has 0 saturated heterocycles. The van der Waals surface area contributed by atoms with Crippen molar-refractivity contribution in [3.63, 3.8) is 0 Å². The Balaban J connectivity index is 1.93. The number of anilines is 2. The van der Waals surface area contributed by atoms with Crippen LogP contribution in [0.3, 0.4) is 0 Å². The van der Waals surface area contributed by atoms with Gasteiger partial charge in [0.1, 0.15) is 16.5 Å². The molecule has 0 fully saturated rings. The Bertz CT molecular complexity index is 1150. The van der Waals surface area contributed by atoms with Gasteiger partial charge in [0.05, 0.1) is 12.8 Å². The van der Waals surface area contributed by atoms with E-state index in [4.69, 9.17) is 4.74 Å². The fourth-order valence-electron chi connectivity index (χ4n) is 2.51. The Morgan fingerprint density at radius 2 is 1.72 bits per heavy atom. The van der Waals surface area contributed by atoms with Crippen molar-refractivity contribution < 1.29 is 22.3 Å². The van der Waals surface area contributed by atoms with Crippen LogP contribution in [0.2, 0.25) is 0 Å². The third-order valence-corrected chi connectivity index (χ3v) is 5.86. The molecule has 0 heterocycles. The summed E-state index contributed by atoms with van der Waals surface area (Å²) in [6.45, 7) is 0. The van der Waals surface area contributed by atoms with Crippen molar-refractivity contribution in [3.8, 4) is 5.75 Å². The first-order chi connectivity index (χ1) is 13.8. The predicted molar refractivity (Wildman–Crippen MR) is 112 cm³/mol. The van der Waals surface area contributed by atoms with Crippen LogP contribution < -0.4 is 14.8 Å². The van der Waals surface area contributed by atoms with Crippen LogP contribution in [0, 0.1) is 5.82 Å². The predicted octanol–water partition coefficient (Wildman–Crippen LogP) is 4.65. The Hall–Kier alpha value is -2.91. The number of hydrogen-bond acceptors (Lipinski definition) is 4. The van der Waals surface area contributed by atoms with Gasteiger partial charge < -0.3 is 10.1 Å². The fourth-order valence-corrected chi connectivity index (χ4v) is 4.03. The second-order valence-corrected chi connectivity index (χ2v) is 8.48. The SMILES string of the molecule is COc1ccc(C(=O)Nc2ccccc2F)cc1S(=O)(=O)Nc1ccc(Br)cc1. The summed E-state index contributed by atoms with van der Waals surface area (Å²) in [7, 11) is -2.72. The van der Waals surface area contributed by atoms with Crippen molar-refractivity contribution in [1.29, 1.82) is 0 Å². The highest BCUT2D eigenvalue weighted by molar-refractivity contribution is 9.10. The Morgan fingerprint density at radius 3 is 2.38 bits per heavy atom. The standard InChI is InChI=1S/C20H16BrFN2O4S/c1-28-18-11-6-13(20(25)23-17-5-3-2-4-16(17)22)12-19(18)29(26,27)24-15-9-7-14(21)8-10-15/h2-12,24H,1H3,(H,23,25). The molecule has 1 amide bonds. The quantitative estimate of drug-likeness (QED) is 0.539. The van der Waals surface area contributed by atoms with E-state index in [-0.39, 0.29) is 21.9 Å². The molecule has 3 rings (SSSR count). The average Bonchev–Trinajstić information content (AvgIpc) is 2.70. The molecule has 0 aliphatic carbocycles. The van der Waals surface area contributed by atoms with Crippen molar-refractivity contribution in [2.75, 3.05) is 17.1 Å². The average molecular weight is 479 g/mol. The maximum atomic E-state index is 13.8. The molecule has 0 atom stereocenters. The van der Waals surface area contributed by atoms with Crippen LogP contribution in [0.25, 0.3) is 0 Å². The van der Waals surface area contributed by atoms with Gasteiger partial charge in [0.25, 0.3) is 15.9 Å². The number of rotatable bonds is 6. The number of sulfonamides is 1. The lowest BCUT2D eigenvalue weighted by molar-refractivity contribution is 0.102. The van der Waals surface area contributed by atoms with E-state index in [1.165, 1.54) is 43.5 Å².